The fraction of sp³-hybridized carbons (Fsp3) is 0.417. The van der Waals surface area contributed by atoms with E-state index in [1.54, 1.807) is 43.8 Å². The Morgan fingerprint density at radius 3 is 2.62 bits per heavy atom. The smallest absolute Gasteiger partial charge is 0.255 e. The molecule has 1 aliphatic rings. The van der Waals surface area contributed by atoms with E-state index in [0.29, 0.717) is 23.6 Å². The summed E-state index contributed by atoms with van der Waals surface area (Å²) < 4.78 is 11.8. The molecule has 1 aromatic heterocycles. The first-order chi connectivity index (χ1) is 15.6. The largest absolute Gasteiger partial charge is 0.497 e. The highest BCUT2D eigenvalue weighted by Gasteiger charge is 2.20. The zero-order valence-corrected chi connectivity index (χ0v) is 19.7. The van der Waals surface area contributed by atoms with Crippen molar-refractivity contribution in [1.82, 2.24) is 15.2 Å². The number of hydrogen-bond donors (Lipinski definition) is 1. The molecule has 0 spiro atoms. The zero-order chi connectivity index (χ0) is 22.5. The molecule has 2 heterocycles. The molecule has 7 nitrogen and oxygen atoms in total. The molecule has 1 amide bonds. The Morgan fingerprint density at radius 2 is 1.91 bits per heavy atom. The fourth-order valence-electron chi connectivity index (χ4n) is 3.88. The van der Waals surface area contributed by atoms with E-state index in [-0.39, 0.29) is 5.91 Å². The summed E-state index contributed by atoms with van der Waals surface area (Å²) in [4.78, 5) is 22.1. The first-order valence-corrected chi connectivity index (χ1v) is 11.8. The highest BCUT2D eigenvalue weighted by Crippen LogP contribution is 2.30. The van der Waals surface area contributed by atoms with Crippen LogP contribution in [0.4, 0.5) is 5.13 Å². The number of aromatic nitrogens is 1. The van der Waals surface area contributed by atoms with Crippen molar-refractivity contribution in [3.63, 3.8) is 0 Å². The Morgan fingerprint density at radius 1 is 1.09 bits per heavy atom. The second-order valence-electron chi connectivity index (χ2n) is 7.80. The maximum absolute atomic E-state index is 12.6. The summed E-state index contributed by atoms with van der Waals surface area (Å²) in [6.07, 6.45) is 1.05. The van der Waals surface area contributed by atoms with Crippen molar-refractivity contribution in [2.75, 3.05) is 58.4 Å². The fourth-order valence-corrected chi connectivity index (χ4v) is 4.96. The molecule has 3 aromatic rings. The Hall–Kier alpha value is -2.84. The van der Waals surface area contributed by atoms with E-state index in [1.165, 1.54) is 10.3 Å². The molecule has 1 N–H and O–H groups in total. The van der Waals surface area contributed by atoms with Crippen LogP contribution in [0.15, 0.2) is 36.4 Å². The average Bonchev–Trinajstić information content (AvgIpc) is 3.27. The molecule has 0 saturated carbocycles. The van der Waals surface area contributed by atoms with Crippen LogP contribution in [0, 0.1) is 0 Å². The third-order valence-corrected chi connectivity index (χ3v) is 6.94. The quantitative estimate of drug-likeness (QED) is 0.563. The lowest BCUT2D eigenvalue weighted by atomic mass is 10.1. The van der Waals surface area contributed by atoms with Gasteiger partial charge in [-0.3, -0.25) is 9.69 Å². The molecule has 0 unspecified atom stereocenters. The van der Waals surface area contributed by atoms with Crippen molar-refractivity contribution in [2.24, 2.45) is 0 Å². The number of carbonyl (C=O) groups is 1. The lowest BCUT2D eigenvalue weighted by molar-refractivity contribution is 0.0944. The van der Waals surface area contributed by atoms with Crippen LogP contribution < -0.4 is 19.7 Å². The summed E-state index contributed by atoms with van der Waals surface area (Å²) in [5, 5.41) is 4.11. The summed E-state index contributed by atoms with van der Waals surface area (Å²) in [7, 11) is 3.15. The molecule has 2 aromatic carbocycles. The number of nitrogens with one attached hydrogen (secondary N) is 1. The van der Waals surface area contributed by atoms with E-state index in [4.69, 9.17) is 14.5 Å². The number of methoxy groups -OCH3 is 2. The molecular formula is C24H30N4O3S. The van der Waals surface area contributed by atoms with Gasteiger partial charge in [-0.1, -0.05) is 24.3 Å². The van der Waals surface area contributed by atoms with Crippen LogP contribution in [-0.2, 0) is 6.42 Å². The molecule has 1 saturated heterocycles. The number of aryl methyl sites for hydroxylation is 1. The standard InChI is InChI=1S/C24H30N4O3S/c1-4-17-5-8-20-22(15-17)32-24(26-20)28-13-11-27(12-14-28)10-9-25-23(29)19-7-6-18(30-2)16-21(19)31-3/h5-8,15-16H,4,9-14H2,1-3H3,(H,25,29). The van der Waals surface area contributed by atoms with Crippen LogP contribution in [-0.4, -0.2) is 69.3 Å². The van der Waals surface area contributed by atoms with Gasteiger partial charge in [-0.05, 0) is 36.2 Å². The Kier molecular flexibility index (Phi) is 7.12. The number of thiazole rings is 1. The summed E-state index contributed by atoms with van der Waals surface area (Å²) in [5.74, 6) is 1.04. The van der Waals surface area contributed by atoms with Gasteiger partial charge in [0.15, 0.2) is 5.13 Å². The topological polar surface area (TPSA) is 66.9 Å². The predicted octanol–water partition coefficient (Wildman–Crippen LogP) is 3.43. The summed E-state index contributed by atoms with van der Waals surface area (Å²) in [6.45, 7) is 7.39. The molecular weight excluding hydrogens is 424 g/mol. The number of hydrogen-bond acceptors (Lipinski definition) is 7. The van der Waals surface area contributed by atoms with Crippen LogP contribution in [0.5, 0.6) is 11.5 Å². The van der Waals surface area contributed by atoms with Gasteiger partial charge in [-0.25, -0.2) is 4.98 Å². The van der Waals surface area contributed by atoms with Crippen molar-refractivity contribution in [2.45, 2.75) is 13.3 Å². The number of piperazine rings is 1. The lowest BCUT2D eigenvalue weighted by Gasteiger charge is -2.34. The zero-order valence-electron chi connectivity index (χ0n) is 18.9. The van der Waals surface area contributed by atoms with Gasteiger partial charge in [0.05, 0.1) is 30.0 Å². The van der Waals surface area contributed by atoms with E-state index in [2.05, 4.69) is 40.2 Å². The summed E-state index contributed by atoms with van der Waals surface area (Å²) >= 11 is 1.78. The van der Waals surface area contributed by atoms with Gasteiger partial charge < -0.3 is 19.7 Å². The van der Waals surface area contributed by atoms with E-state index >= 15 is 0 Å². The second kappa shape index (κ2) is 10.2. The third-order valence-electron chi connectivity index (χ3n) is 5.86. The highest BCUT2D eigenvalue weighted by atomic mass is 32.1. The van der Waals surface area contributed by atoms with Crippen LogP contribution >= 0.6 is 11.3 Å². The first kappa shape index (κ1) is 22.4. The SMILES string of the molecule is CCc1ccc2nc(N3CCN(CCNC(=O)c4ccc(OC)cc4OC)CC3)sc2c1. The van der Waals surface area contributed by atoms with E-state index < -0.39 is 0 Å². The van der Waals surface area contributed by atoms with Gasteiger partial charge in [0.25, 0.3) is 5.91 Å². The van der Waals surface area contributed by atoms with Gasteiger partial charge in [0, 0.05) is 45.3 Å². The molecule has 0 radical (unpaired) electrons. The minimum atomic E-state index is -0.135. The van der Waals surface area contributed by atoms with E-state index in [9.17, 15) is 4.79 Å². The second-order valence-corrected chi connectivity index (χ2v) is 8.81. The molecule has 0 atom stereocenters. The minimum absolute atomic E-state index is 0.135. The monoisotopic (exact) mass is 454 g/mol. The molecule has 0 bridgehead atoms. The molecule has 1 aliphatic heterocycles. The number of benzene rings is 2. The van der Waals surface area contributed by atoms with Crippen LogP contribution in [0.25, 0.3) is 10.2 Å². The van der Waals surface area contributed by atoms with Gasteiger partial charge in [0.2, 0.25) is 0 Å². The van der Waals surface area contributed by atoms with Crippen molar-refractivity contribution >= 4 is 32.6 Å². The number of nitrogens with zero attached hydrogens (tertiary/aromatic N) is 3. The Bertz CT molecular complexity index is 1080. The number of carbonyl (C=O) groups excluding carboxylic acids is 1. The Balaban J connectivity index is 1.26. The highest BCUT2D eigenvalue weighted by molar-refractivity contribution is 7.22. The van der Waals surface area contributed by atoms with Crippen molar-refractivity contribution in [3.8, 4) is 11.5 Å². The lowest BCUT2D eigenvalue weighted by Crippen LogP contribution is -2.48. The number of anilines is 1. The molecule has 170 valence electrons. The molecule has 32 heavy (non-hydrogen) atoms. The maximum Gasteiger partial charge on any atom is 0.255 e. The average molecular weight is 455 g/mol. The Labute approximate surface area is 192 Å². The van der Waals surface area contributed by atoms with Gasteiger partial charge >= 0.3 is 0 Å². The third kappa shape index (κ3) is 4.97. The van der Waals surface area contributed by atoms with Gasteiger partial charge in [-0.2, -0.15) is 0 Å². The number of fused-ring (bicyclic) bond motifs is 1. The van der Waals surface area contributed by atoms with Crippen LogP contribution in [0.1, 0.15) is 22.8 Å². The van der Waals surface area contributed by atoms with Crippen molar-refractivity contribution < 1.29 is 14.3 Å². The van der Waals surface area contributed by atoms with E-state index in [0.717, 1.165) is 49.8 Å². The molecule has 0 aliphatic carbocycles. The van der Waals surface area contributed by atoms with Crippen LogP contribution in [0.3, 0.4) is 0 Å². The predicted molar refractivity (Wildman–Crippen MR) is 130 cm³/mol. The van der Waals surface area contributed by atoms with Crippen molar-refractivity contribution in [3.05, 3.63) is 47.5 Å². The molecule has 1 fully saturated rings. The minimum Gasteiger partial charge on any atom is -0.497 e. The number of amides is 1. The molecule has 8 heteroatoms. The number of ether oxygens (including phenoxy) is 2. The van der Waals surface area contributed by atoms with Gasteiger partial charge in [-0.15, -0.1) is 0 Å². The normalized spacial score (nSPS) is 14.5. The van der Waals surface area contributed by atoms with Crippen LogP contribution in [0.2, 0.25) is 0 Å². The first-order valence-electron chi connectivity index (χ1n) is 11.0. The number of rotatable bonds is 8. The maximum atomic E-state index is 12.6. The summed E-state index contributed by atoms with van der Waals surface area (Å²) in [6, 6.07) is 11.8. The molecule has 4 rings (SSSR count). The van der Waals surface area contributed by atoms with Gasteiger partial charge in [0.1, 0.15) is 11.5 Å². The summed E-state index contributed by atoms with van der Waals surface area (Å²) in [5.41, 5.74) is 2.95. The van der Waals surface area contributed by atoms with Crippen molar-refractivity contribution in [1.29, 1.82) is 0 Å². The van der Waals surface area contributed by atoms with E-state index in [1.807, 2.05) is 0 Å².